The van der Waals surface area contributed by atoms with Crippen molar-refractivity contribution < 1.29 is 4.74 Å². The molecular weight excluding hydrogens is 224 g/mol. The summed E-state index contributed by atoms with van der Waals surface area (Å²) in [5, 5.41) is 3.58. The van der Waals surface area contributed by atoms with Crippen LogP contribution in [0, 0.1) is 6.92 Å². The van der Waals surface area contributed by atoms with E-state index in [2.05, 4.69) is 37.1 Å². The van der Waals surface area contributed by atoms with Crippen LogP contribution in [0.4, 0.5) is 0 Å². The van der Waals surface area contributed by atoms with E-state index in [1.165, 1.54) is 17.7 Å². The number of aromatic nitrogens is 1. The van der Waals surface area contributed by atoms with E-state index >= 15 is 0 Å². The minimum absolute atomic E-state index is 0.0417. The smallest absolute Gasteiger partial charge is 0.0811 e. The highest BCUT2D eigenvalue weighted by Crippen LogP contribution is 2.30. The van der Waals surface area contributed by atoms with Crippen molar-refractivity contribution in [1.82, 2.24) is 10.3 Å². The summed E-state index contributed by atoms with van der Waals surface area (Å²) in [6.45, 7) is 8.36. The third kappa shape index (κ3) is 2.90. The first-order valence-corrected chi connectivity index (χ1v) is 6.93. The van der Waals surface area contributed by atoms with Crippen LogP contribution in [-0.4, -0.2) is 29.8 Å². The molecule has 1 aliphatic rings. The van der Waals surface area contributed by atoms with E-state index in [1.807, 2.05) is 12.3 Å². The highest BCUT2D eigenvalue weighted by atomic mass is 16.5. The van der Waals surface area contributed by atoms with Crippen molar-refractivity contribution in [3.05, 3.63) is 29.6 Å². The molecule has 2 rings (SSSR count). The zero-order chi connectivity index (χ0) is 13.0. The van der Waals surface area contributed by atoms with Crippen LogP contribution in [0.5, 0.6) is 0 Å². The van der Waals surface area contributed by atoms with Crippen molar-refractivity contribution in [2.24, 2.45) is 0 Å². The van der Waals surface area contributed by atoms with E-state index in [0.717, 1.165) is 26.0 Å². The van der Waals surface area contributed by atoms with Crippen molar-refractivity contribution in [1.29, 1.82) is 0 Å². The third-order valence-corrected chi connectivity index (χ3v) is 3.95. The van der Waals surface area contributed by atoms with E-state index in [4.69, 9.17) is 4.74 Å². The molecule has 2 atom stereocenters. The Labute approximate surface area is 110 Å². The van der Waals surface area contributed by atoms with E-state index in [9.17, 15) is 0 Å². The molecule has 0 bridgehead atoms. The molecule has 1 aromatic heterocycles. The zero-order valence-corrected chi connectivity index (χ0v) is 11.7. The van der Waals surface area contributed by atoms with E-state index in [-0.39, 0.29) is 5.60 Å². The Bertz CT molecular complexity index is 386. The minimum Gasteiger partial charge on any atom is -0.374 e. The van der Waals surface area contributed by atoms with Gasteiger partial charge in [0, 0.05) is 31.0 Å². The van der Waals surface area contributed by atoms with Gasteiger partial charge in [-0.3, -0.25) is 4.98 Å². The highest BCUT2D eigenvalue weighted by Gasteiger charge is 2.38. The lowest BCUT2D eigenvalue weighted by Crippen LogP contribution is -2.50. The molecule has 0 aromatic carbocycles. The molecule has 0 radical (unpaired) electrons. The normalized spacial score (nSPS) is 25.3. The molecule has 2 heterocycles. The van der Waals surface area contributed by atoms with Crippen LogP contribution in [0.15, 0.2) is 18.3 Å². The fourth-order valence-electron chi connectivity index (χ4n) is 2.75. The zero-order valence-electron chi connectivity index (χ0n) is 11.7. The van der Waals surface area contributed by atoms with Crippen LogP contribution in [0.3, 0.4) is 0 Å². The summed E-state index contributed by atoms with van der Waals surface area (Å²) in [7, 11) is 0. The molecular formula is C15H24N2O. The summed E-state index contributed by atoms with van der Waals surface area (Å²) >= 11 is 0. The number of nitrogens with one attached hydrogen (secondary N) is 1. The standard InChI is InChI=1S/C15H24N2O/c1-4-16-14(15(3)8-6-10-18-15)11-13-12(2)7-5-9-17-13/h5,7,9,14,16H,4,6,8,10-11H2,1-3H3. The molecule has 18 heavy (non-hydrogen) atoms. The first-order valence-electron chi connectivity index (χ1n) is 6.93. The molecule has 3 heteroatoms. The Balaban J connectivity index is 2.13. The monoisotopic (exact) mass is 248 g/mol. The van der Waals surface area contributed by atoms with Crippen molar-refractivity contribution in [2.75, 3.05) is 13.2 Å². The maximum atomic E-state index is 5.98. The minimum atomic E-state index is -0.0417. The molecule has 3 nitrogen and oxygen atoms in total. The molecule has 1 N–H and O–H groups in total. The second kappa shape index (κ2) is 5.81. The fourth-order valence-corrected chi connectivity index (χ4v) is 2.75. The summed E-state index contributed by atoms with van der Waals surface area (Å²) in [6, 6.07) is 4.47. The maximum Gasteiger partial charge on any atom is 0.0811 e. The van der Waals surface area contributed by atoms with Crippen molar-refractivity contribution in [3.63, 3.8) is 0 Å². The molecule has 0 aliphatic carbocycles. The number of hydrogen-bond acceptors (Lipinski definition) is 3. The van der Waals surface area contributed by atoms with E-state index in [1.54, 1.807) is 0 Å². The van der Waals surface area contributed by atoms with Gasteiger partial charge in [-0.2, -0.15) is 0 Å². The van der Waals surface area contributed by atoms with E-state index < -0.39 is 0 Å². The highest BCUT2D eigenvalue weighted by molar-refractivity contribution is 5.19. The molecule has 0 saturated carbocycles. The predicted octanol–water partition coefficient (Wildman–Crippen LogP) is 2.48. The first-order chi connectivity index (χ1) is 8.65. The van der Waals surface area contributed by atoms with Gasteiger partial charge in [0.2, 0.25) is 0 Å². The number of ether oxygens (including phenoxy) is 1. The molecule has 0 amide bonds. The van der Waals surface area contributed by atoms with Gasteiger partial charge in [-0.05, 0) is 44.9 Å². The van der Waals surface area contributed by atoms with Gasteiger partial charge in [-0.15, -0.1) is 0 Å². The third-order valence-electron chi connectivity index (χ3n) is 3.95. The number of hydrogen-bond donors (Lipinski definition) is 1. The van der Waals surface area contributed by atoms with Crippen molar-refractivity contribution in [2.45, 2.75) is 51.7 Å². The Morgan fingerprint density at radius 1 is 1.56 bits per heavy atom. The molecule has 0 spiro atoms. The van der Waals surface area contributed by atoms with Gasteiger partial charge < -0.3 is 10.1 Å². The molecule has 100 valence electrons. The van der Waals surface area contributed by atoms with Crippen LogP contribution in [0.1, 0.15) is 37.9 Å². The predicted molar refractivity (Wildman–Crippen MR) is 73.7 cm³/mol. The summed E-state index contributed by atoms with van der Waals surface area (Å²) < 4.78 is 5.98. The summed E-state index contributed by atoms with van der Waals surface area (Å²) in [6.07, 6.45) is 5.12. The first kappa shape index (κ1) is 13.5. The fraction of sp³-hybridized carbons (Fsp3) is 0.667. The van der Waals surface area contributed by atoms with Gasteiger partial charge in [-0.25, -0.2) is 0 Å². The second-order valence-electron chi connectivity index (χ2n) is 5.35. The SMILES string of the molecule is CCNC(Cc1ncccc1C)C1(C)CCCO1. The quantitative estimate of drug-likeness (QED) is 0.869. The second-order valence-corrected chi connectivity index (χ2v) is 5.35. The summed E-state index contributed by atoms with van der Waals surface area (Å²) in [5.74, 6) is 0. The number of pyridine rings is 1. The van der Waals surface area contributed by atoms with Gasteiger partial charge in [0.25, 0.3) is 0 Å². The van der Waals surface area contributed by atoms with Crippen LogP contribution in [-0.2, 0) is 11.2 Å². The summed E-state index contributed by atoms with van der Waals surface area (Å²) in [4.78, 5) is 4.51. The van der Waals surface area contributed by atoms with Crippen molar-refractivity contribution in [3.8, 4) is 0 Å². The Kier molecular flexibility index (Phi) is 4.36. The molecule has 1 fully saturated rings. The number of aryl methyl sites for hydroxylation is 1. The van der Waals surface area contributed by atoms with E-state index in [0.29, 0.717) is 6.04 Å². The Morgan fingerprint density at radius 2 is 2.39 bits per heavy atom. The topological polar surface area (TPSA) is 34.2 Å². The lowest BCUT2D eigenvalue weighted by atomic mass is 9.89. The maximum absolute atomic E-state index is 5.98. The van der Waals surface area contributed by atoms with Crippen LogP contribution >= 0.6 is 0 Å². The molecule has 1 aromatic rings. The Morgan fingerprint density at radius 3 is 3.00 bits per heavy atom. The Hall–Kier alpha value is -0.930. The summed E-state index contributed by atoms with van der Waals surface area (Å²) in [5.41, 5.74) is 2.40. The van der Waals surface area contributed by atoms with Crippen LogP contribution < -0.4 is 5.32 Å². The number of rotatable bonds is 5. The molecule has 2 unspecified atom stereocenters. The average Bonchev–Trinajstić information content (AvgIpc) is 2.79. The van der Waals surface area contributed by atoms with Crippen LogP contribution in [0.25, 0.3) is 0 Å². The average molecular weight is 248 g/mol. The number of nitrogens with zero attached hydrogens (tertiary/aromatic N) is 1. The molecule has 1 aliphatic heterocycles. The van der Waals surface area contributed by atoms with Gasteiger partial charge >= 0.3 is 0 Å². The lowest BCUT2D eigenvalue weighted by Gasteiger charge is -2.34. The van der Waals surface area contributed by atoms with Gasteiger partial charge in [0.05, 0.1) is 5.60 Å². The van der Waals surface area contributed by atoms with Gasteiger partial charge in [-0.1, -0.05) is 13.0 Å². The largest absolute Gasteiger partial charge is 0.374 e. The molecule has 1 saturated heterocycles. The van der Waals surface area contributed by atoms with Crippen molar-refractivity contribution >= 4 is 0 Å². The van der Waals surface area contributed by atoms with Crippen LogP contribution in [0.2, 0.25) is 0 Å². The lowest BCUT2D eigenvalue weighted by molar-refractivity contribution is -0.0113. The van der Waals surface area contributed by atoms with Gasteiger partial charge in [0.15, 0.2) is 0 Å². The number of likely N-dealkylation sites (N-methyl/N-ethyl adjacent to an activating group) is 1. The van der Waals surface area contributed by atoms with Gasteiger partial charge in [0.1, 0.15) is 0 Å².